The number of rotatable bonds is 4. The molecule has 1 aliphatic carbocycles. The van der Waals surface area contributed by atoms with Gasteiger partial charge in [0.05, 0.1) is 22.7 Å². The number of amides is 3. The number of benzene rings is 2. The van der Waals surface area contributed by atoms with Crippen LogP contribution in [-0.2, 0) is 11.0 Å². The molecule has 1 N–H and O–H groups in total. The first-order chi connectivity index (χ1) is 19.7. The van der Waals surface area contributed by atoms with Crippen LogP contribution in [0.15, 0.2) is 79.0 Å². The molecule has 212 valence electrons. The molecular weight excluding hydrogens is 536 g/mol. The van der Waals surface area contributed by atoms with Crippen molar-refractivity contribution in [2.75, 3.05) is 23.3 Å². The van der Waals surface area contributed by atoms with Crippen LogP contribution in [0.2, 0.25) is 0 Å². The maximum absolute atomic E-state index is 14.8. The summed E-state index contributed by atoms with van der Waals surface area (Å²) < 4.78 is 54.1. The number of allylic oxidation sites excluding steroid dienone is 2. The van der Waals surface area contributed by atoms with Crippen LogP contribution in [0.1, 0.15) is 54.5 Å². The number of carbonyl (C=O) groups is 2. The minimum atomic E-state index is -4.52. The Hall–Kier alpha value is -4.21. The standard InChI is InChI=1S/C31H28F4N4O2/c32-25-12-11-23(19-24(25)20-6-1-2-7-20)39-27(26-10-3-4-15-36-26)30(28(39)40)13-16-38(17-14-30)29(41)37-22-9-5-8-21(18-22)31(33,34)35/h1,3-6,8-12,15,18-20,27H,2,7,13-14,16-17H2,(H,37,41). The fraction of sp³-hybridized carbons (Fsp3) is 0.323. The number of likely N-dealkylation sites (tertiary alicyclic amines) is 1. The highest BCUT2D eigenvalue weighted by molar-refractivity contribution is 6.06. The van der Waals surface area contributed by atoms with Crippen molar-refractivity contribution >= 4 is 23.3 Å². The first-order valence-corrected chi connectivity index (χ1v) is 13.6. The first kappa shape index (κ1) is 27.0. The molecule has 2 saturated heterocycles. The fourth-order valence-corrected chi connectivity index (χ4v) is 6.30. The number of nitrogens with one attached hydrogen (secondary N) is 1. The lowest BCUT2D eigenvalue weighted by Gasteiger charge is -2.58. The molecule has 1 aromatic heterocycles. The zero-order valence-electron chi connectivity index (χ0n) is 22.1. The monoisotopic (exact) mass is 564 g/mol. The Bertz CT molecular complexity index is 1500. The SMILES string of the molecule is O=C(Nc1cccc(C(F)(F)F)c1)N1CCC2(CC1)C(=O)N(c1ccc(F)c(C3C=CCC3)c1)C2c1ccccn1. The van der Waals surface area contributed by atoms with Gasteiger partial charge in [0, 0.05) is 36.6 Å². The van der Waals surface area contributed by atoms with Gasteiger partial charge in [-0.15, -0.1) is 0 Å². The van der Waals surface area contributed by atoms with E-state index in [9.17, 15) is 27.2 Å². The molecule has 3 aliphatic rings. The molecule has 2 fully saturated rings. The summed E-state index contributed by atoms with van der Waals surface area (Å²) >= 11 is 0. The summed E-state index contributed by atoms with van der Waals surface area (Å²) in [6.45, 7) is 0.491. The van der Waals surface area contributed by atoms with Crippen LogP contribution in [0.4, 0.5) is 33.7 Å². The Balaban J connectivity index is 1.22. The molecule has 0 saturated carbocycles. The van der Waals surface area contributed by atoms with Crippen LogP contribution in [0, 0.1) is 11.2 Å². The zero-order valence-corrected chi connectivity index (χ0v) is 22.1. The van der Waals surface area contributed by atoms with Gasteiger partial charge in [-0.05, 0) is 79.8 Å². The number of aromatic nitrogens is 1. The van der Waals surface area contributed by atoms with Gasteiger partial charge in [-0.2, -0.15) is 13.2 Å². The second kappa shape index (κ2) is 10.3. The van der Waals surface area contributed by atoms with Gasteiger partial charge < -0.3 is 15.1 Å². The lowest BCUT2D eigenvalue weighted by Crippen LogP contribution is -2.67. The first-order valence-electron chi connectivity index (χ1n) is 13.6. The smallest absolute Gasteiger partial charge is 0.324 e. The Kier molecular flexibility index (Phi) is 6.79. The van der Waals surface area contributed by atoms with E-state index in [4.69, 9.17) is 0 Å². The number of pyridine rings is 1. The molecule has 6 nitrogen and oxygen atoms in total. The van der Waals surface area contributed by atoms with Gasteiger partial charge in [0.25, 0.3) is 0 Å². The third kappa shape index (κ3) is 4.85. The summed E-state index contributed by atoms with van der Waals surface area (Å²) in [6.07, 6.45) is 3.61. The van der Waals surface area contributed by atoms with E-state index < -0.39 is 29.2 Å². The maximum atomic E-state index is 14.8. The van der Waals surface area contributed by atoms with Crippen molar-refractivity contribution in [2.45, 2.75) is 43.8 Å². The number of nitrogens with zero attached hydrogens (tertiary/aromatic N) is 3. The number of anilines is 2. The average molecular weight is 565 g/mol. The van der Waals surface area contributed by atoms with E-state index in [1.807, 2.05) is 24.3 Å². The molecule has 3 amide bonds. The summed E-state index contributed by atoms with van der Waals surface area (Å²) in [5.74, 6) is -0.444. The minimum Gasteiger partial charge on any atom is -0.324 e. The van der Waals surface area contributed by atoms with E-state index in [0.29, 0.717) is 29.8 Å². The number of carbonyl (C=O) groups excluding carboxylic acids is 2. The van der Waals surface area contributed by atoms with Crippen LogP contribution in [0.25, 0.3) is 0 Å². The van der Waals surface area contributed by atoms with Crippen molar-refractivity contribution in [3.8, 4) is 0 Å². The predicted octanol–water partition coefficient (Wildman–Crippen LogP) is 7.08. The Morgan fingerprint density at radius 2 is 1.83 bits per heavy atom. The van der Waals surface area contributed by atoms with Gasteiger partial charge >= 0.3 is 12.2 Å². The highest BCUT2D eigenvalue weighted by Crippen LogP contribution is 2.57. The second-order valence-electron chi connectivity index (χ2n) is 10.8. The number of halogens is 4. The van der Waals surface area contributed by atoms with Crippen molar-refractivity contribution in [1.29, 1.82) is 0 Å². The lowest BCUT2D eigenvalue weighted by atomic mass is 9.63. The molecule has 0 bridgehead atoms. The normalized spacial score (nSPS) is 21.7. The topological polar surface area (TPSA) is 65.5 Å². The van der Waals surface area contributed by atoms with Crippen molar-refractivity contribution in [3.05, 3.63) is 102 Å². The van der Waals surface area contributed by atoms with E-state index in [1.54, 1.807) is 29.3 Å². The minimum absolute atomic E-state index is 0.0350. The van der Waals surface area contributed by atoms with E-state index in [-0.39, 0.29) is 36.4 Å². The molecule has 6 rings (SSSR count). The zero-order chi connectivity index (χ0) is 28.8. The average Bonchev–Trinajstić information content (AvgIpc) is 3.51. The van der Waals surface area contributed by atoms with Gasteiger partial charge in [-0.3, -0.25) is 9.78 Å². The molecular formula is C31H28F4N4O2. The van der Waals surface area contributed by atoms with Gasteiger partial charge in [-0.1, -0.05) is 24.3 Å². The fourth-order valence-electron chi connectivity index (χ4n) is 6.30. The maximum Gasteiger partial charge on any atom is 0.416 e. The van der Waals surface area contributed by atoms with Gasteiger partial charge in [-0.25, -0.2) is 9.18 Å². The van der Waals surface area contributed by atoms with Gasteiger partial charge in [0.2, 0.25) is 5.91 Å². The second-order valence-corrected chi connectivity index (χ2v) is 10.8. The summed E-state index contributed by atoms with van der Waals surface area (Å²) in [6, 6.07) is 13.9. The number of piperidine rings is 1. The molecule has 3 aromatic rings. The Labute approximate surface area is 234 Å². The van der Waals surface area contributed by atoms with Gasteiger partial charge in [0.15, 0.2) is 0 Å². The highest BCUT2D eigenvalue weighted by atomic mass is 19.4. The van der Waals surface area contributed by atoms with Crippen LogP contribution < -0.4 is 10.2 Å². The summed E-state index contributed by atoms with van der Waals surface area (Å²) in [5.41, 5.74) is 0.276. The molecule has 2 atom stereocenters. The molecule has 3 heterocycles. The molecule has 2 aliphatic heterocycles. The van der Waals surface area contributed by atoms with Crippen LogP contribution in [0.5, 0.6) is 0 Å². The van der Waals surface area contributed by atoms with Crippen molar-refractivity contribution in [1.82, 2.24) is 9.88 Å². The van der Waals surface area contributed by atoms with E-state index in [0.717, 1.165) is 25.0 Å². The third-order valence-corrected chi connectivity index (χ3v) is 8.45. The molecule has 0 radical (unpaired) electrons. The van der Waals surface area contributed by atoms with Crippen LogP contribution in [0.3, 0.4) is 0 Å². The van der Waals surface area contributed by atoms with Crippen molar-refractivity contribution < 1.29 is 27.2 Å². The number of hydrogen-bond acceptors (Lipinski definition) is 3. The van der Waals surface area contributed by atoms with Crippen molar-refractivity contribution in [3.63, 3.8) is 0 Å². The summed E-state index contributed by atoms with van der Waals surface area (Å²) in [5, 5.41) is 2.55. The third-order valence-electron chi connectivity index (χ3n) is 8.45. The Morgan fingerprint density at radius 3 is 2.51 bits per heavy atom. The lowest BCUT2D eigenvalue weighted by molar-refractivity contribution is -0.144. The molecule has 10 heteroatoms. The number of alkyl halides is 3. The molecule has 41 heavy (non-hydrogen) atoms. The van der Waals surface area contributed by atoms with E-state index in [1.165, 1.54) is 23.1 Å². The number of β-lactam (4-membered cyclic amide) rings is 1. The predicted molar refractivity (Wildman–Crippen MR) is 146 cm³/mol. The largest absolute Gasteiger partial charge is 0.416 e. The van der Waals surface area contributed by atoms with Crippen LogP contribution >= 0.6 is 0 Å². The summed E-state index contributed by atoms with van der Waals surface area (Å²) in [7, 11) is 0. The van der Waals surface area contributed by atoms with Crippen molar-refractivity contribution in [2.24, 2.45) is 5.41 Å². The molecule has 1 spiro atoms. The van der Waals surface area contributed by atoms with Crippen LogP contribution in [-0.4, -0.2) is 34.9 Å². The van der Waals surface area contributed by atoms with E-state index in [2.05, 4.69) is 10.3 Å². The quantitative estimate of drug-likeness (QED) is 0.209. The Morgan fingerprint density at radius 1 is 1.02 bits per heavy atom. The summed E-state index contributed by atoms with van der Waals surface area (Å²) in [4.78, 5) is 34.6. The number of urea groups is 1. The van der Waals surface area contributed by atoms with Gasteiger partial charge in [0.1, 0.15) is 5.82 Å². The van der Waals surface area contributed by atoms with E-state index >= 15 is 0 Å². The number of hydrogen-bond donors (Lipinski definition) is 1. The highest BCUT2D eigenvalue weighted by Gasteiger charge is 2.62. The molecule has 2 unspecified atom stereocenters. The molecule has 2 aromatic carbocycles.